The van der Waals surface area contributed by atoms with Crippen LogP contribution >= 0.6 is 11.6 Å². The zero-order valence-electron chi connectivity index (χ0n) is 16.9. The Morgan fingerprint density at radius 1 is 1.10 bits per heavy atom. The Morgan fingerprint density at radius 2 is 1.74 bits per heavy atom. The Morgan fingerprint density at radius 3 is 2.42 bits per heavy atom. The van der Waals surface area contributed by atoms with Gasteiger partial charge in [0.05, 0.1) is 10.7 Å². The summed E-state index contributed by atoms with van der Waals surface area (Å²) in [4.78, 5) is 12.0. The van der Waals surface area contributed by atoms with Gasteiger partial charge in [0.1, 0.15) is 10.7 Å². The summed E-state index contributed by atoms with van der Waals surface area (Å²) in [6, 6.07) is 5.94. The lowest BCUT2D eigenvalue weighted by molar-refractivity contribution is 0.247. The number of urea groups is 1. The molecule has 2 saturated heterocycles. The number of carbonyl (C=O) groups is 1. The van der Waals surface area contributed by atoms with Gasteiger partial charge >= 0.3 is 6.03 Å². The minimum absolute atomic E-state index is 0.102. The molecule has 7 nitrogen and oxygen atoms in total. The zero-order valence-corrected chi connectivity index (χ0v) is 18.4. The number of fused-ring (bicyclic) bond motifs is 2. The number of phenols is 1. The van der Waals surface area contributed by atoms with Crippen molar-refractivity contribution in [2.45, 2.75) is 56.0 Å². The number of piperidine rings is 1. The second kappa shape index (κ2) is 8.29. The number of anilines is 2. The monoisotopic (exact) mass is 467 g/mol. The molecule has 2 amide bonds. The number of benzene rings is 2. The number of phenolic OH excluding ortho intramolecular Hbond substituents is 1. The summed E-state index contributed by atoms with van der Waals surface area (Å²) in [6.07, 6.45) is 4.11. The fourth-order valence-corrected chi connectivity index (χ4v) is 7.01. The molecule has 0 aromatic heterocycles. The second-order valence-electron chi connectivity index (χ2n) is 7.92. The van der Waals surface area contributed by atoms with Gasteiger partial charge in [0.25, 0.3) is 0 Å². The van der Waals surface area contributed by atoms with E-state index in [0.29, 0.717) is 0 Å². The van der Waals surface area contributed by atoms with E-state index in [0.717, 1.165) is 32.1 Å². The summed E-state index contributed by atoms with van der Waals surface area (Å²) in [5.41, 5.74) is 0.393. The van der Waals surface area contributed by atoms with Gasteiger partial charge in [-0.2, -0.15) is 4.31 Å². The molecule has 166 valence electrons. The van der Waals surface area contributed by atoms with Crippen molar-refractivity contribution in [3.05, 3.63) is 46.7 Å². The molecule has 2 fully saturated rings. The number of amides is 2. The highest BCUT2D eigenvalue weighted by molar-refractivity contribution is 7.89. The Balaban J connectivity index is 1.62. The van der Waals surface area contributed by atoms with Gasteiger partial charge in [0.15, 0.2) is 5.75 Å². The van der Waals surface area contributed by atoms with Crippen molar-refractivity contribution in [1.29, 1.82) is 0 Å². The normalized spacial score (nSPS) is 21.1. The number of carbonyl (C=O) groups excluding carboxylic acids is 1. The molecule has 0 saturated carbocycles. The van der Waals surface area contributed by atoms with Crippen LogP contribution in [0, 0.1) is 12.7 Å². The molecule has 0 spiro atoms. The predicted octanol–water partition coefficient (Wildman–Crippen LogP) is 4.84. The van der Waals surface area contributed by atoms with E-state index in [4.69, 9.17) is 11.6 Å². The Hall–Kier alpha value is -2.36. The van der Waals surface area contributed by atoms with Crippen LogP contribution in [-0.2, 0) is 10.0 Å². The smallest absolute Gasteiger partial charge is 0.323 e. The minimum atomic E-state index is -4.06. The fourth-order valence-electron chi connectivity index (χ4n) is 4.48. The summed E-state index contributed by atoms with van der Waals surface area (Å²) in [7, 11) is -4.06. The Kier molecular flexibility index (Phi) is 5.85. The largest absolute Gasteiger partial charge is 0.504 e. The summed E-state index contributed by atoms with van der Waals surface area (Å²) >= 11 is 6.19. The van der Waals surface area contributed by atoms with Crippen LogP contribution in [0.5, 0.6) is 5.75 Å². The molecule has 10 heteroatoms. The van der Waals surface area contributed by atoms with Gasteiger partial charge in [-0.1, -0.05) is 24.1 Å². The maximum atomic E-state index is 13.7. The molecule has 2 atom stereocenters. The minimum Gasteiger partial charge on any atom is -0.504 e. The van der Waals surface area contributed by atoms with Crippen LogP contribution in [0.15, 0.2) is 35.2 Å². The van der Waals surface area contributed by atoms with Crippen molar-refractivity contribution in [3.8, 4) is 5.75 Å². The highest BCUT2D eigenvalue weighted by atomic mass is 35.5. The average Bonchev–Trinajstić information content (AvgIpc) is 2.98. The third-order valence-electron chi connectivity index (χ3n) is 6.01. The van der Waals surface area contributed by atoms with E-state index in [1.807, 2.05) is 0 Å². The van der Waals surface area contributed by atoms with Crippen molar-refractivity contribution in [2.24, 2.45) is 0 Å². The molecule has 2 aromatic carbocycles. The van der Waals surface area contributed by atoms with Crippen LogP contribution in [0.3, 0.4) is 0 Å². The number of halogens is 2. The predicted molar refractivity (Wildman–Crippen MR) is 117 cm³/mol. The molecule has 31 heavy (non-hydrogen) atoms. The highest BCUT2D eigenvalue weighted by Crippen LogP contribution is 2.45. The first kappa shape index (κ1) is 21.9. The van der Waals surface area contributed by atoms with Crippen LogP contribution in [0.25, 0.3) is 0 Å². The van der Waals surface area contributed by atoms with Crippen LogP contribution in [0.1, 0.15) is 37.7 Å². The number of aromatic hydroxyl groups is 1. The SMILES string of the molecule is Cc1c(F)cccc1NC(=O)Nc1ccc(Cl)c(S(=O)(=O)N2[C@@H]3CCC[C@H]2CC3)c1O. The first-order valence-electron chi connectivity index (χ1n) is 10.1. The Bertz CT molecular complexity index is 1130. The van der Waals surface area contributed by atoms with E-state index < -0.39 is 32.5 Å². The third kappa shape index (κ3) is 3.97. The van der Waals surface area contributed by atoms with Gasteiger partial charge in [0.2, 0.25) is 10.0 Å². The zero-order chi connectivity index (χ0) is 22.3. The Labute approximate surface area is 185 Å². The van der Waals surface area contributed by atoms with Gasteiger partial charge in [-0.25, -0.2) is 17.6 Å². The van der Waals surface area contributed by atoms with Crippen molar-refractivity contribution in [2.75, 3.05) is 10.6 Å². The van der Waals surface area contributed by atoms with Gasteiger partial charge in [-0.3, -0.25) is 0 Å². The standard InChI is InChI=1S/C21H23ClFN3O4S/c1-12-16(23)6-3-7-17(12)24-21(28)25-18-11-10-15(22)20(19(18)27)31(29,30)26-13-4-2-5-14(26)9-8-13/h3,6-7,10-11,13-14,27H,2,4-5,8-9H2,1H3,(H2,24,25,28)/t13-,14+. The van der Waals surface area contributed by atoms with Gasteiger partial charge in [-0.15, -0.1) is 0 Å². The van der Waals surface area contributed by atoms with E-state index in [1.54, 1.807) is 0 Å². The quantitative estimate of drug-likeness (QED) is 0.560. The molecule has 2 aliphatic rings. The number of nitrogens with zero attached hydrogens (tertiary/aromatic N) is 1. The fraction of sp³-hybridized carbons (Fsp3) is 0.381. The maximum Gasteiger partial charge on any atom is 0.323 e. The lowest BCUT2D eigenvalue weighted by Crippen LogP contribution is -2.44. The number of rotatable bonds is 4. The van der Waals surface area contributed by atoms with Gasteiger partial charge in [0, 0.05) is 23.3 Å². The maximum absolute atomic E-state index is 13.7. The van der Waals surface area contributed by atoms with Crippen molar-refractivity contribution in [3.63, 3.8) is 0 Å². The molecule has 0 radical (unpaired) electrons. The van der Waals surface area contributed by atoms with Crippen molar-refractivity contribution >= 4 is 39.0 Å². The summed E-state index contributed by atoms with van der Waals surface area (Å²) in [6.45, 7) is 1.52. The highest BCUT2D eigenvalue weighted by Gasteiger charge is 2.46. The van der Waals surface area contributed by atoms with Gasteiger partial charge in [-0.05, 0) is 56.9 Å². The lowest BCUT2D eigenvalue weighted by atomic mass is 10.1. The summed E-state index contributed by atoms with van der Waals surface area (Å²) in [5, 5.41) is 15.5. The van der Waals surface area contributed by atoms with E-state index in [-0.39, 0.29) is 34.0 Å². The second-order valence-corrected chi connectivity index (χ2v) is 10.1. The van der Waals surface area contributed by atoms with Crippen LogP contribution in [0.2, 0.25) is 5.02 Å². The van der Waals surface area contributed by atoms with E-state index in [9.17, 15) is 22.7 Å². The first-order chi connectivity index (χ1) is 14.7. The van der Waals surface area contributed by atoms with Gasteiger partial charge < -0.3 is 15.7 Å². The number of sulfonamides is 1. The molecule has 0 unspecified atom stereocenters. The molecule has 3 N–H and O–H groups in total. The molecule has 4 rings (SSSR count). The molecular formula is C21H23ClFN3O4S. The average molecular weight is 468 g/mol. The van der Waals surface area contributed by atoms with E-state index in [2.05, 4.69) is 10.6 Å². The first-order valence-corrected chi connectivity index (χ1v) is 11.9. The third-order valence-corrected chi connectivity index (χ3v) is 8.52. The molecule has 2 bridgehead atoms. The lowest BCUT2D eigenvalue weighted by Gasteiger charge is -2.34. The van der Waals surface area contributed by atoms with Crippen LogP contribution < -0.4 is 10.6 Å². The van der Waals surface area contributed by atoms with Crippen molar-refractivity contribution < 1.29 is 22.7 Å². The topological polar surface area (TPSA) is 98.7 Å². The van der Waals surface area contributed by atoms with E-state index >= 15 is 0 Å². The molecule has 2 aromatic rings. The number of hydrogen-bond acceptors (Lipinski definition) is 4. The van der Waals surface area contributed by atoms with Crippen molar-refractivity contribution in [1.82, 2.24) is 4.31 Å². The molecule has 2 heterocycles. The summed E-state index contributed by atoms with van der Waals surface area (Å²) < 4.78 is 42.0. The number of hydrogen-bond donors (Lipinski definition) is 3. The summed E-state index contributed by atoms with van der Waals surface area (Å²) in [5.74, 6) is -1.10. The number of nitrogens with one attached hydrogen (secondary N) is 2. The molecule has 2 aliphatic heterocycles. The van der Waals surface area contributed by atoms with Crippen LogP contribution in [0.4, 0.5) is 20.6 Å². The van der Waals surface area contributed by atoms with Crippen LogP contribution in [-0.4, -0.2) is 35.9 Å². The molecule has 0 aliphatic carbocycles. The van der Waals surface area contributed by atoms with E-state index in [1.165, 1.54) is 41.6 Å². The molecular weight excluding hydrogens is 445 g/mol.